The molecule has 0 aliphatic carbocycles. The van der Waals surface area contributed by atoms with Crippen LogP contribution in [0.25, 0.3) is 0 Å². The van der Waals surface area contributed by atoms with E-state index in [1.165, 1.54) is 32.1 Å². The Balaban J connectivity index is 0. The normalized spacial score (nSPS) is 8.82. The largest absolute Gasteiger partial charge is 0.412 e. The molecule has 0 amide bonds. The molecule has 0 rings (SSSR count). The van der Waals surface area contributed by atoms with Crippen molar-refractivity contribution in [2.75, 3.05) is 0 Å². The summed E-state index contributed by atoms with van der Waals surface area (Å²) < 4.78 is 0. The number of unbranched alkanes of at least 4 members (excludes halogenated alkanes) is 6. The third-order valence-electron chi connectivity index (χ3n) is 1.68. The Labute approximate surface area is 69.3 Å². The van der Waals surface area contributed by atoms with Crippen molar-refractivity contribution in [1.82, 2.24) is 0 Å². The molecule has 2 nitrogen and oxygen atoms in total. The van der Waals surface area contributed by atoms with Crippen molar-refractivity contribution in [2.24, 2.45) is 0 Å². The Hall–Kier alpha value is -0.370. The minimum atomic E-state index is 0. The lowest BCUT2D eigenvalue weighted by molar-refractivity contribution is -0.107. The van der Waals surface area contributed by atoms with Gasteiger partial charge >= 0.3 is 0 Å². The van der Waals surface area contributed by atoms with Gasteiger partial charge in [0.2, 0.25) is 0 Å². The fourth-order valence-electron chi connectivity index (χ4n) is 1.01. The summed E-state index contributed by atoms with van der Waals surface area (Å²) in [6, 6.07) is 0. The number of carbonyl (C=O) groups is 1. The minimum absolute atomic E-state index is 0. The van der Waals surface area contributed by atoms with Crippen molar-refractivity contribution in [2.45, 2.75) is 51.9 Å². The maximum atomic E-state index is 9.89. The molecule has 0 aromatic heterocycles. The van der Waals surface area contributed by atoms with E-state index in [9.17, 15) is 4.79 Å². The molecule has 0 radical (unpaired) electrons. The number of aldehydes is 1. The van der Waals surface area contributed by atoms with Gasteiger partial charge in [0.15, 0.2) is 0 Å². The van der Waals surface area contributed by atoms with E-state index in [-0.39, 0.29) is 5.48 Å². The van der Waals surface area contributed by atoms with E-state index in [1.807, 2.05) is 0 Å². The zero-order chi connectivity index (χ0) is 7.66. The van der Waals surface area contributed by atoms with Crippen molar-refractivity contribution in [1.29, 1.82) is 0 Å². The molecule has 0 fully saturated rings. The van der Waals surface area contributed by atoms with Crippen LogP contribution in [0.4, 0.5) is 0 Å². The van der Waals surface area contributed by atoms with Gasteiger partial charge in [-0.05, 0) is 6.42 Å². The number of rotatable bonds is 7. The van der Waals surface area contributed by atoms with Gasteiger partial charge in [0.1, 0.15) is 6.29 Å². The van der Waals surface area contributed by atoms with Crippen LogP contribution in [0.5, 0.6) is 0 Å². The van der Waals surface area contributed by atoms with Gasteiger partial charge in [-0.25, -0.2) is 0 Å². The number of hydrogen-bond acceptors (Lipinski definition) is 1. The van der Waals surface area contributed by atoms with Gasteiger partial charge in [-0.3, -0.25) is 0 Å². The zero-order valence-electron chi connectivity index (χ0n) is 7.44. The molecule has 11 heavy (non-hydrogen) atoms. The predicted octanol–water partition coefficient (Wildman–Crippen LogP) is 2.11. The summed E-state index contributed by atoms with van der Waals surface area (Å²) in [6.45, 7) is 2.21. The summed E-state index contributed by atoms with van der Waals surface area (Å²) in [6.07, 6.45) is 9.39. The lowest BCUT2D eigenvalue weighted by Gasteiger charge is -1.95. The van der Waals surface area contributed by atoms with Gasteiger partial charge in [0.05, 0.1) is 0 Å². The van der Waals surface area contributed by atoms with Crippen LogP contribution < -0.4 is 0 Å². The first-order valence-corrected chi connectivity index (χ1v) is 4.35. The highest BCUT2D eigenvalue weighted by atomic mass is 16.1. The Morgan fingerprint density at radius 3 is 2.09 bits per heavy atom. The lowest BCUT2D eigenvalue weighted by atomic mass is 10.1. The highest BCUT2D eigenvalue weighted by Crippen LogP contribution is 2.05. The second kappa shape index (κ2) is 12.3. The molecule has 0 aliphatic rings. The van der Waals surface area contributed by atoms with E-state index in [0.717, 1.165) is 19.1 Å². The summed E-state index contributed by atoms with van der Waals surface area (Å²) in [7, 11) is 0. The molecule has 0 aliphatic heterocycles. The lowest BCUT2D eigenvalue weighted by Crippen LogP contribution is -1.79. The van der Waals surface area contributed by atoms with E-state index in [2.05, 4.69) is 6.92 Å². The van der Waals surface area contributed by atoms with Gasteiger partial charge in [-0.1, -0.05) is 39.0 Å². The van der Waals surface area contributed by atoms with E-state index in [0.29, 0.717) is 0 Å². The van der Waals surface area contributed by atoms with Gasteiger partial charge < -0.3 is 10.3 Å². The minimum Gasteiger partial charge on any atom is -0.412 e. The molecular formula is C9H20O2. The first-order chi connectivity index (χ1) is 4.91. The molecule has 0 unspecified atom stereocenters. The summed E-state index contributed by atoms with van der Waals surface area (Å²) >= 11 is 0. The van der Waals surface area contributed by atoms with Gasteiger partial charge in [0.25, 0.3) is 0 Å². The van der Waals surface area contributed by atoms with Gasteiger partial charge in [-0.2, -0.15) is 0 Å². The van der Waals surface area contributed by atoms with Crippen molar-refractivity contribution < 1.29 is 10.3 Å². The van der Waals surface area contributed by atoms with Crippen molar-refractivity contribution in [3.05, 3.63) is 0 Å². The SMILES string of the molecule is CCCCCCCCC=O.O. The van der Waals surface area contributed by atoms with E-state index in [1.54, 1.807) is 0 Å². The van der Waals surface area contributed by atoms with E-state index < -0.39 is 0 Å². The smallest absolute Gasteiger partial charge is 0.119 e. The average Bonchev–Trinajstić information content (AvgIpc) is 1.97. The highest BCUT2D eigenvalue weighted by molar-refractivity contribution is 5.48. The summed E-state index contributed by atoms with van der Waals surface area (Å²) in [5.74, 6) is 0. The third kappa shape index (κ3) is 12.8. The molecule has 0 aromatic carbocycles. The van der Waals surface area contributed by atoms with Gasteiger partial charge in [0, 0.05) is 6.42 Å². The average molecular weight is 160 g/mol. The molecule has 0 saturated carbocycles. The van der Waals surface area contributed by atoms with Crippen LogP contribution in [0.3, 0.4) is 0 Å². The van der Waals surface area contributed by atoms with Crippen LogP contribution in [0.1, 0.15) is 51.9 Å². The van der Waals surface area contributed by atoms with E-state index in [4.69, 9.17) is 0 Å². The molecule has 2 heteroatoms. The van der Waals surface area contributed by atoms with Crippen LogP contribution in [0.2, 0.25) is 0 Å². The Kier molecular flexibility index (Phi) is 14.8. The quantitative estimate of drug-likeness (QED) is 0.415. The molecule has 0 heterocycles. The predicted molar refractivity (Wildman–Crippen MR) is 47.7 cm³/mol. The molecule has 0 atom stereocenters. The molecule has 2 N–H and O–H groups in total. The number of carbonyl (C=O) groups excluding carboxylic acids is 1. The zero-order valence-corrected chi connectivity index (χ0v) is 7.44. The molecule has 0 aromatic rings. The molecule has 0 saturated heterocycles. The highest BCUT2D eigenvalue weighted by Gasteiger charge is 1.87. The molecule has 0 spiro atoms. The second-order valence-electron chi connectivity index (χ2n) is 2.72. The third-order valence-corrected chi connectivity index (χ3v) is 1.68. The number of hydrogen-bond donors (Lipinski definition) is 0. The molecular weight excluding hydrogens is 140 g/mol. The van der Waals surface area contributed by atoms with Crippen LogP contribution in [0, 0.1) is 0 Å². The monoisotopic (exact) mass is 160 g/mol. The fourth-order valence-corrected chi connectivity index (χ4v) is 1.01. The first-order valence-electron chi connectivity index (χ1n) is 4.35. The Morgan fingerprint density at radius 2 is 1.55 bits per heavy atom. The van der Waals surface area contributed by atoms with Crippen LogP contribution in [-0.4, -0.2) is 11.8 Å². The molecule has 68 valence electrons. The van der Waals surface area contributed by atoms with Crippen LogP contribution >= 0.6 is 0 Å². The Morgan fingerprint density at radius 1 is 1.00 bits per heavy atom. The van der Waals surface area contributed by atoms with Gasteiger partial charge in [-0.15, -0.1) is 0 Å². The van der Waals surface area contributed by atoms with Crippen LogP contribution in [-0.2, 0) is 4.79 Å². The summed E-state index contributed by atoms with van der Waals surface area (Å²) in [4.78, 5) is 9.89. The van der Waals surface area contributed by atoms with Crippen molar-refractivity contribution in [3.63, 3.8) is 0 Å². The van der Waals surface area contributed by atoms with E-state index >= 15 is 0 Å². The van der Waals surface area contributed by atoms with Crippen molar-refractivity contribution in [3.8, 4) is 0 Å². The maximum absolute atomic E-state index is 9.89. The summed E-state index contributed by atoms with van der Waals surface area (Å²) in [5.41, 5.74) is 0. The fraction of sp³-hybridized carbons (Fsp3) is 0.889. The Bertz CT molecular complexity index is 72.0. The topological polar surface area (TPSA) is 48.6 Å². The first kappa shape index (κ1) is 13.2. The maximum Gasteiger partial charge on any atom is 0.119 e. The standard InChI is InChI=1S/C9H18O.H2O/c1-2-3-4-5-6-7-8-9-10;/h9H,2-8H2,1H3;1H2. The van der Waals surface area contributed by atoms with Crippen molar-refractivity contribution >= 4 is 6.29 Å². The van der Waals surface area contributed by atoms with Crippen LogP contribution in [0.15, 0.2) is 0 Å². The second-order valence-corrected chi connectivity index (χ2v) is 2.72. The molecule has 0 bridgehead atoms. The summed E-state index contributed by atoms with van der Waals surface area (Å²) in [5, 5.41) is 0.